The molecule has 1 aromatic heterocycles. The molecule has 0 aliphatic carbocycles. The number of benzene rings is 4. The van der Waals surface area contributed by atoms with Crippen LogP contribution in [-0.4, -0.2) is 30.1 Å². The van der Waals surface area contributed by atoms with Gasteiger partial charge in [-0.05, 0) is 72.3 Å². The molecule has 0 saturated carbocycles. The topological polar surface area (TPSA) is 106 Å². The van der Waals surface area contributed by atoms with E-state index in [1.807, 2.05) is 48.5 Å². The second kappa shape index (κ2) is 12.1. The first-order valence-electron chi connectivity index (χ1n) is 12.0. The van der Waals surface area contributed by atoms with E-state index in [-0.39, 0.29) is 11.8 Å². The minimum Gasteiger partial charge on any atom is -0.496 e. The van der Waals surface area contributed by atoms with Crippen molar-refractivity contribution in [3.8, 4) is 5.75 Å². The maximum absolute atomic E-state index is 12.5. The van der Waals surface area contributed by atoms with Crippen LogP contribution in [0.2, 0.25) is 0 Å². The van der Waals surface area contributed by atoms with Crippen LogP contribution < -0.4 is 15.5 Å². The first kappa shape index (κ1) is 25.7. The van der Waals surface area contributed by atoms with Crippen molar-refractivity contribution in [2.75, 3.05) is 12.4 Å². The van der Waals surface area contributed by atoms with E-state index in [4.69, 9.17) is 9.15 Å². The molecule has 0 fully saturated rings. The number of ether oxygens (including phenoxy) is 1. The summed E-state index contributed by atoms with van der Waals surface area (Å²) in [4.78, 5) is 29.3. The number of para-hydroxylation sites is 2. The fourth-order valence-corrected chi connectivity index (χ4v) is 4.59. The molecule has 5 rings (SSSR count). The molecule has 0 aliphatic rings. The average molecular weight is 537 g/mol. The summed E-state index contributed by atoms with van der Waals surface area (Å²) in [5.41, 5.74) is 7.39. The van der Waals surface area contributed by atoms with Crippen molar-refractivity contribution in [1.29, 1.82) is 0 Å². The van der Waals surface area contributed by atoms with Crippen LogP contribution in [0.3, 0.4) is 0 Å². The maximum Gasteiger partial charge on any atom is 0.271 e. The molecule has 0 aliphatic heterocycles. The molecule has 5 aromatic rings. The Morgan fingerprint density at radius 3 is 2.44 bits per heavy atom. The van der Waals surface area contributed by atoms with Crippen molar-refractivity contribution in [2.24, 2.45) is 5.10 Å². The lowest BCUT2D eigenvalue weighted by atomic mass is 10.1. The molecule has 39 heavy (non-hydrogen) atoms. The molecule has 9 heteroatoms. The van der Waals surface area contributed by atoms with Gasteiger partial charge in [-0.1, -0.05) is 42.1 Å². The third-order valence-corrected chi connectivity index (χ3v) is 6.63. The van der Waals surface area contributed by atoms with Crippen molar-refractivity contribution in [1.82, 2.24) is 10.4 Å². The summed E-state index contributed by atoms with van der Waals surface area (Å²) in [6.07, 6.45) is 1.57. The van der Waals surface area contributed by atoms with Crippen LogP contribution in [0.4, 0.5) is 5.69 Å². The molecule has 0 saturated heterocycles. The number of fused-ring (bicyclic) bond motifs is 1. The third kappa shape index (κ3) is 6.52. The van der Waals surface area contributed by atoms with Gasteiger partial charge < -0.3 is 14.5 Å². The fraction of sp³-hybridized carbons (Fsp3) is 0.0667. The smallest absolute Gasteiger partial charge is 0.271 e. The second-order valence-corrected chi connectivity index (χ2v) is 9.33. The third-order valence-electron chi connectivity index (χ3n) is 5.75. The lowest BCUT2D eigenvalue weighted by molar-refractivity contribution is 0.0954. The highest BCUT2D eigenvalue weighted by Crippen LogP contribution is 2.30. The molecule has 0 bridgehead atoms. The Morgan fingerprint density at radius 1 is 0.923 bits per heavy atom. The number of oxazole rings is 1. The Balaban J connectivity index is 1.18. The zero-order chi connectivity index (χ0) is 27.0. The van der Waals surface area contributed by atoms with E-state index in [1.165, 1.54) is 11.8 Å². The SMILES string of the molecule is COc1ccc(/C=N\NC(=O)c2ccc(NC(=O)c3ccccc3)cc2)cc1CSc1nc2ccccc2o1. The number of carbonyl (C=O) groups excluding carboxylic acids is 2. The molecule has 194 valence electrons. The summed E-state index contributed by atoms with van der Waals surface area (Å²) in [5, 5.41) is 7.49. The molecule has 1 heterocycles. The zero-order valence-corrected chi connectivity index (χ0v) is 21.8. The predicted molar refractivity (Wildman–Crippen MR) is 152 cm³/mol. The lowest BCUT2D eigenvalue weighted by Gasteiger charge is -2.08. The largest absolute Gasteiger partial charge is 0.496 e. The zero-order valence-electron chi connectivity index (χ0n) is 21.0. The van der Waals surface area contributed by atoms with Crippen LogP contribution in [0.15, 0.2) is 112 Å². The van der Waals surface area contributed by atoms with E-state index in [2.05, 4.69) is 20.8 Å². The Bertz CT molecular complexity index is 1600. The van der Waals surface area contributed by atoms with Crippen molar-refractivity contribution in [3.63, 3.8) is 0 Å². The molecule has 4 aromatic carbocycles. The monoisotopic (exact) mass is 536 g/mol. The van der Waals surface area contributed by atoms with Gasteiger partial charge in [0, 0.05) is 28.1 Å². The van der Waals surface area contributed by atoms with E-state index in [0.717, 1.165) is 28.0 Å². The standard InChI is InChI=1S/C30H24N4O4S/c1-37-26-16-11-20(17-23(26)19-39-30-33-25-9-5-6-10-27(25)38-30)18-31-34-29(36)22-12-14-24(15-13-22)32-28(35)21-7-3-2-4-8-21/h2-18H,19H2,1H3,(H,32,35)(H,34,36)/b31-18-. The van der Waals surface area contributed by atoms with Gasteiger partial charge in [0.1, 0.15) is 11.3 Å². The van der Waals surface area contributed by atoms with Gasteiger partial charge in [-0.15, -0.1) is 0 Å². The van der Waals surface area contributed by atoms with E-state index < -0.39 is 0 Å². The van der Waals surface area contributed by atoms with Crippen LogP contribution in [0.1, 0.15) is 31.8 Å². The molecular formula is C30H24N4O4S. The number of nitrogens with one attached hydrogen (secondary N) is 2. The van der Waals surface area contributed by atoms with Crippen molar-refractivity contribution in [2.45, 2.75) is 11.0 Å². The minimum absolute atomic E-state index is 0.219. The number of nitrogens with zero attached hydrogens (tertiary/aromatic N) is 2. The highest BCUT2D eigenvalue weighted by molar-refractivity contribution is 7.98. The first-order valence-corrected chi connectivity index (χ1v) is 13.0. The van der Waals surface area contributed by atoms with Crippen molar-refractivity contribution in [3.05, 3.63) is 119 Å². The van der Waals surface area contributed by atoms with Crippen LogP contribution >= 0.6 is 11.8 Å². The molecule has 8 nitrogen and oxygen atoms in total. The van der Waals surface area contributed by atoms with Crippen LogP contribution in [0, 0.1) is 0 Å². The van der Waals surface area contributed by atoms with E-state index in [9.17, 15) is 9.59 Å². The van der Waals surface area contributed by atoms with Crippen LogP contribution in [0.5, 0.6) is 5.75 Å². The second-order valence-electron chi connectivity index (χ2n) is 8.40. The highest BCUT2D eigenvalue weighted by Gasteiger charge is 2.10. The van der Waals surface area contributed by atoms with Gasteiger partial charge in [-0.3, -0.25) is 9.59 Å². The summed E-state index contributed by atoms with van der Waals surface area (Å²) >= 11 is 1.47. The predicted octanol–water partition coefficient (Wildman–Crippen LogP) is 6.14. The molecule has 2 amide bonds. The number of thioether (sulfide) groups is 1. The van der Waals surface area contributed by atoms with Gasteiger partial charge in [0.05, 0.1) is 13.3 Å². The van der Waals surface area contributed by atoms with Gasteiger partial charge >= 0.3 is 0 Å². The Morgan fingerprint density at radius 2 is 1.67 bits per heavy atom. The van der Waals surface area contributed by atoms with Crippen molar-refractivity contribution >= 4 is 46.6 Å². The number of hydrazone groups is 1. The minimum atomic E-state index is -0.368. The summed E-state index contributed by atoms with van der Waals surface area (Å²) < 4.78 is 11.3. The van der Waals surface area contributed by atoms with Crippen LogP contribution in [0.25, 0.3) is 11.1 Å². The average Bonchev–Trinajstić information content (AvgIpc) is 3.40. The molecule has 0 unspecified atom stereocenters. The first-order chi connectivity index (χ1) is 19.1. The van der Waals surface area contributed by atoms with E-state index in [1.54, 1.807) is 61.9 Å². The number of amides is 2. The van der Waals surface area contributed by atoms with E-state index in [0.29, 0.717) is 27.8 Å². The number of carbonyl (C=O) groups is 2. The quantitative estimate of drug-likeness (QED) is 0.133. The lowest BCUT2D eigenvalue weighted by Crippen LogP contribution is -2.18. The van der Waals surface area contributed by atoms with Gasteiger partial charge in [0.15, 0.2) is 5.58 Å². The number of anilines is 1. The fourth-order valence-electron chi connectivity index (χ4n) is 3.77. The Hall–Kier alpha value is -4.89. The molecule has 2 N–H and O–H groups in total. The molecule has 0 atom stereocenters. The summed E-state index contributed by atoms with van der Waals surface area (Å²) in [6.45, 7) is 0. The van der Waals surface area contributed by atoms with Crippen LogP contribution in [-0.2, 0) is 5.75 Å². The summed E-state index contributed by atoms with van der Waals surface area (Å²) in [5.74, 6) is 0.729. The highest BCUT2D eigenvalue weighted by atomic mass is 32.2. The molecule has 0 radical (unpaired) electrons. The number of aromatic nitrogens is 1. The number of methoxy groups -OCH3 is 1. The Kier molecular flexibility index (Phi) is 7.99. The van der Waals surface area contributed by atoms with E-state index >= 15 is 0 Å². The number of hydrogen-bond acceptors (Lipinski definition) is 7. The molecule has 0 spiro atoms. The summed E-state index contributed by atoms with van der Waals surface area (Å²) in [7, 11) is 1.62. The molecular weight excluding hydrogens is 512 g/mol. The normalized spacial score (nSPS) is 11.0. The maximum atomic E-state index is 12.5. The van der Waals surface area contributed by atoms with Crippen molar-refractivity contribution < 1.29 is 18.7 Å². The Labute approximate surface area is 229 Å². The van der Waals surface area contributed by atoms with Gasteiger partial charge in [-0.2, -0.15) is 5.10 Å². The summed E-state index contributed by atoms with van der Waals surface area (Å²) in [6, 6.07) is 28.8. The van der Waals surface area contributed by atoms with Gasteiger partial charge in [-0.25, -0.2) is 10.4 Å². The number of rotatable bonds is 9. The van der Waals surface area contributed by atoms with Gasteiger partial charge in [0.25, 0.3) is 17.0 Å². The number of hydrogen-bond donors (Lipinski definition) is 2. The van der Waals surface area contributed by atoms with Gasteiger partial charge in [0.2, 0.25) is 0 Å².